The average Bonchev–Trinajstić information content (AvgIpc) is 2.66. The standard InChI is InChI=1S/C21H19NO3/c1-14(21(24)25-2)22-20(23)19-12-6-5-11-18(19)17-13-7-9-15-8-3-4-10-16(15)17/h3-14H,1-2H3,(H,22,23)/t14-/m0/s1. The van der Waals surface area contributed by atoms with E-state index in [1.807, 2.05) is 60.7 Å². The van der Waals surface area contributed by atoms with E-state index in [9.17, 15) is 9.59 Å². The molecule has 0 aromatic heterocycles. The molecule has 0 aliphatic carbocycles. The Morgan fingerprint density at radius 3 is 2.32 bits per heavy atom. The van der Waals surface area contributed by atoms with Crippen molar-refractivity contribution in [2.24, 2.45) is 0 Å². The quantitative estimate of drug-likeness (QED) is 0.739. The zero-order valence-electron chi connectivity index (χ0n) is 14.2. The van der Waals surface area contributed by atoms with Crippen LogP contribution >= 0.6 is 0 Å². The molecule has 0 saturated heterocycles. The smallest absolute Gasteiger partial charge is 0.328 e. The minimum absolute atomic E-state index is 0.304. The van der Waals surface area contributed by atoms with Gasteiger partial charge < -0.3 is 10.1 Å². The largest absolute Gasteiger partial charge is 0.467 e. The van der Waals surface area contributed by atoms with Crippen LogP contribution in [0.25, 0.3) is 21.9 Å². The van der Waals surface area contributed by atoms with Crippen LogP contribution in [0.5, 0.6) is 0 Å². The number of hydrogen-bond donors (Lipinski definition) is 1. The van der Waals surface area contributed by atoms with E-state index in [-0.39, 0.29) is 5.91 Å². The Hall–Kier alpha value is -3.14. The van der Waals surface area contributed by atoms with E-state index < -0.39 is 12.0 Å². The molecule has 4 heteroatoms. The second-order valence-corrected chi connectivity index (χ2v) is 5.79. The number of methoxy groups -OCH3 is 1. The van der Waals surface area contributed by atoms with Crippen molar-refractivity contribution in [2.75, 3.05) is 7.11 Å². The minimum Gasteiger partial charge on any atom is -0.467 e. The van der Waals surface area contributed by atoms with Gasteiger partial charge in [0.2, 0.25) is 0 Å². The van der Waals surface area contributed by atoms with Gasteiger partial charge in [-0.1, -0.05) is 60.7 Å². The van der Waals surface area contributed by atoms with Crippen molar-refractivity contribution in [2.45, 2.75) is 13.0 Å². The van der Waals surface area contributed by atoms with E-state index in [1.54, 1.807) is 13.0 Å². The summed E-state index contributed by atoms with van der Waals surface area (Å²) in [5, 5.41) is 4.88. The minimum atomic E-state index is -0.710. The highest BCUT2D eigenvalue weighted by atomic mass is 16.5. The van der Waals surface area contributed by atoms with Gasteiger partial charge in [0.25, 0.3) is 5.91 Å². The predicted molar refractivity (Wildman–Crippen MR) is 98.3 cm³/mol. The molecule has 3 aromatic rings. The van der Waals surface area contributed by atoms with E-state index in [0.717, 1.165) is 21.9 Å². The first-order valence-electron chi connectivity index (χ1n) is 8.07. The first kappa shape index (κ1) is 16.7. The molecule has 0 aliphatic rings. The second kappa shape index (κ2) is 7.18. The normalized spacial score (nSPS) is 11.8. The number of carbonyl (C=O) groups excluding carboxylic acids is 2. The summed E-state index contributed by atoms with van der Waals surface area (Å²) in [7, 11) is 1.30. The molecule has 0 unspecified atom stereocenters. The molecular weight excluding hydrogens is 314 g/mol. The molecule has 0 bridgehead atoms. The van der Waals surface area contributed by atoms with Gasteiger partial charge in [-0.15, -0.1) is 0 Å². The van der Waals surface area contributed by atoms with E-state index in [0.29, 0.717) is 5.56 Å². The summed E-state index contributed by atoms with van der Waals surface area (Å²) in [5.74, 6) is -0.780. The maximum atomic E-state index is 12.7. The molecule has 3 aromatic carbocycles. The van der Waals surface area contributed by atoms with Crippen LogP contribution in [-0.2, 0) is 9.53 Å². The van der Waals surface area contributed by atoms with Gasteiger partial charge in [-0.3, -0.25) is 4.79 Å². The van der Waals surface area contributed by atoms with Gasteiger partial charge in [-0.25, -0.2) is 4.79 Å². The van der Waals surface area contributed by atoms with E-state index in [4.69, 9.17) is 0 Å². The number of rotatable bonds is 4. The lowest BCUT2D eigenvalue weighted by atomic mass is 9.94. The van der Waals surface area contributed by atoms with Crippen LogP contribution in [-0.4, -0.2) is 25.0 Å². The van der Waals surface area contributed by atoms with Crippen molar-refractivity contribution in [1.82, 2.24) is 5.32 Å². The molecule has 0 spiro atoms. The van der Waals surface area contributed by atoms with Crippen molar-refractivity contribution >= 4 is 22.6 Å². The predicted octanol–water partition coefficient (Wildman–Crippen LogP) is 3.80. The van der Waals surface area contributed by atoms with Gasteiger partial charge in [0.1, 0.15) is 6.04 Å². The Bertz CT molecular complexity index is 928. The number of nitrogens with one attached hydrogen (secondary N) is 1. The maximum absolute atomic E-state index is 12.7. The first-order chi connectivity index (χ1) is 12.1. The van der Waals surface area contributed by atoms with Crippen molar-refractivity contribution < 1.29 is 14.3 Å². The van der Waals surface area contributed by atoms with E-state index in [1.165, 1.54) is 7.11 Å². The Labute approximate surface area is 146 Å². The molecule has 25 heavy (non-hydrogen) atoms. The molecule has 0 saturated carbocycles. The number of fused-ring (bicyclic) bond motifs is 1. The highest BCUT2D eigenvalue weighted by Crippen LogP contribution is 2.31. The lowest BCUT2D eigenvalue weighted by Crippen LogP contribution is -2.39. The molecule has 1 atom stereocenters. The fourth-order valence-electron chi connectivity index (χ4n) is 2.89. The Balaban J connectivity index is 2.04. The third kappa shape index (κ3) is 3.38. The molecule has 126 valence electrons. The van der Waals surface area contributed by atoms with E-state index in [2.05, 4.69) is 10.1 Å². The van der Waals surface area contributed by atoms with Crippen LogP contribution < -0.4 is 5.32 Å². The maximum Gasteiger partial charge on any atom is 0.328 e. The summed E-state index contributed by atoms with van der Waals surface area (Å²) >= 11 is 0. The van der Waals surface area contributed by atoms with Gasteiger partial charge in [0, 0.05) is 5.56 Å². The van der Waals surface area contributed by atoms with Crippen LogP contribution in [0.1, 0.15) is 17.3 Å². The third-order valence-corrected chi connectivity index (χ3v) is 4.15. The zero-order chi connectivity index (χ0) is 17.8. The van der Waals surface area contributed by atoms with Crippen molar-refractivity contribution in [3.63, 3.8) is 0 Å². The summed E-state index contributed by atoms with van der Waals surface area (Å²) in [5.41, 5.74) is 2.33. The van der Waals surface area contributed by atoms with Crippen molar-refractivity contribution in [3.05, 3.63) is 72.3 Å². The average molecular weight is 333 g/mol. The summed E-state index contributed by atoms with van der Waals surface area (Å²) in [6.45, 7) is 1.60. The summed E-state index contributed by atoms with van der Waals surface area (Å²) < 4.78 is 4.67. The molecule has 3 rings (SSSR count). The summed E-state index contributed by atoms with van der Waals surface area (Å²) in [4.78, 5) is 24.3. The third-order valence-electron chi connectivity index (χ3n) is 4.15. The van der Waals surface area contributed by atoms with Gasteiger partial charge in [-0.2, -0.15) is 0 Å². The number of hydrogen-bond acceptors (Lipinski definition) is 3. The number of ether oxygens (including phenoxy) is 1. The first-order valence-corrected chi connectivity index (χ1v) is 8.07. The van der Waals surface area contributed by atoms with Crippen LogP contribution in [0.4, 0.5) is 0 Å². The van der Waals surface area contributed by atoms with Crippen molar-refractivity contribution in [1.29, 1.82) is 0 Å². The summed E-state index contributed by atoms with van der Waals surface area (Å²) in [6, 6.07) is 20.7. The van der Waals surface area contributed by atoms with Gasteiger partial charge in [-0.05, 0) is 34.9 Å². The molecule has 1 N–H and O–H groups in total. The van der Waals surface area contributed by atoms with Gasteiger partial charge in [0.05, 0.1) is 7.11 Å². The molecule has 1 amide bonds. The fraction of sp³-hybridized carbons (Fsp3) is 0.143. The molecule has 0 heterocycles. The highest BCUT2D eigenvalue weighted by Gasteiger charge is 2.19. The van der Waals surface area contributed by atoms with Gasteiger partial charge >= 0.3 is 5.97 Å². The number of amides is 1. The zero-order valence-corrected chi connectivity index (χ0v) is 14.2. The monoisotopic (exact) mass is 333 g/mol. The Morgan fingerprint density at radius 2 is 1.52 bits per heavy atom. The Kier molecular flexibility index (Phi) is 4.80. The van der Waals surface area contributed by atoms with E-state index >= 15 is 0 Å². The molecule has 4 nitrogen and oxygen atoms in total. The van der Waals surface area contributed by atoms with Crippen molar-refractivity contribution in [3.8, 4) is 11.1 Å². The SMILES string of the molecule is COC(=O)[C@H](C)NC(=O)c1ccccc1-c1cccc2ccccc12. The Morgan fingerprint density at radius 1 is 0.880 bits per heavy atom. The van der Waals surface area contributed by atoms with Crippen LogP contribution in [0.15, 0.2) is 66.7 Å². The number of carbonyl (C=O) groups is 2. The number of esters is 1. The summed E-state index contributed by atoms with van der Waals surface area (Å²) in [6.07, 6.45) is 0. The molecule has 0 fully saturated rings. The molecular formula is C21H19NO3. The topological polar surface area (TPSA) is 55.4 Å². The number of benzene rings is 3. The molecule has 0 aliphatic heterocycles. The van der Waals surface area contributed by atoms with Crippen LogP contribution in [0, 0.1) is 0 Å². The lowest BCUT2D eigenvalue weighted by Gasteiger charge is -2.15. The highest BCUT2D eigenvalue weighted by molar-refractivity contribution is 6.06. The van der Waals surface area contributed by atoms with Crippen LogP contribution in [0.2, 0.25) is 0 Å². The van der Waals surface area contributed by atoms with Gasteiger partial charge in [0.15, 0.2) is 0 Å². The van der Waals surface area contributed by atoms with Crippen LogP contribution in [0.3, 0.4) is 0 Å². The fourth-order valence-corrected chi connectivity index (χ4v) is 2.89. The lowest BCUT2D eigenvalue weighted by molar-refractivity contribution is -0.142. The molecule has 0 radical (unpaired) electrons. The second-order valence-electron chi connectivity index (χ2n) is 5.79.